The maximum Gasteiger partial charge on any atom is 0.263 e. The molecule has 2 aromatic heterocycles. The van der Waals surface area contributed by atoms with E-state index in [1.165, 1.54) is 23.3 Å². The highest BCUT2D eigenvalue weighted by Gasteiger charge is 2.21. The van der Waals surface area contributed by atoms with Gasteiger partial charge in [0.15, 0.2) is 5.16 Å². The Labute approximate surface area is 139 Å². The van der Waals surface area contributed by atoms with Crippen molar-refractivity contribution in [2.45, 2.75) is 57.1 Å². The highest BCUT2D eigenvalue weighted by Crippen LogP contribution is 2.34. The molecule has 0 fully saturated rings. The molecule has 0 atom stereocenters. The second kappa shape index (κ2) is 7.01. The first kappa shape index (κ1) is 15.8. The molecule has 2 aromatic rings. The molecular weight excluding hydrogens is 312 g/mol. The number of hydrogen-bond donors (Lipinski definition) is 0. The lowest BCUT2D eigenvalue weighted by molar-refractivity contribution is 0.667. The van der Waals surface area contributed by atoms with Crippen molar-refractivity contribution in [1.29, 1.82) is 0 Å². The van der Waals surface area contributed by atoms with Crippen LogP contribution in [0.1, 0.15) is 43.0 Å². The molecule has 0 aromatic carbocycles. The predicted molar refractivity (Wildman–Crippen MR) is 96.4 cm³/mol. The lowest BCUT2D eigenvalue weighted by Crippen LogP contribution is -2.23. The van der Waals surface area contributed by atoms with Crippen molar-refractivity contribution in [2.75, 3.05) is 5.75 Å². The number of thiophene rings is 1. The quantitative estimate of drug-likeness (QED) is 0.339. The van der Waals surface area contributed by atoms with Gasteiger partial charge in [0.25, 0.3) is 5.56 Å². The molecule has 0 bridgehead atoms. The maximum atomic E-state index is 13.0. The number of thioether (sulfide) groups is 1. The van der Waals surface area contributed by atoms with E-state index in [-0.39, 0.29) is 5.56 Å². The fraction of sp³-hybridized carbons (Fsp3) is 0.529. The van der Waals surface area contributed by atoms with E-state index < -0.39 is 0 Å². The van der Waals surface area contributed by atoms with Gasteiger partial charge < -0.3 is 0 Å². The Morgan fingerprint density at radius 1 is 1.41 bits per heavy atom. The molecular formula is C17H22N2OS2. The molecule has 0 amide bonds. The van der Waals surface area contributed by atoms with Crippen molar-refractivity contribution in [3.8, 4) is 0 Å². The summed E-state index contributed by atoms with van der Waals surface area (Å²) in [6.45, 7) is 6.52. The third-order valence-electron chi connectivity index (χ3n) is 4.08. The number of nitrogens with zero attached hydrogens (tertiary/aromatic N) is 2. The molecule has 5 heteroatoms. The number of fused-ring (bicyclic) bond motifs is 3. The van der Waals surface area contributed by atoms with Gasteiger partial charge in [0.2, 0.25) is 0 Å². The third kappa shape index (κ3) is 2.88. The van der Waals surface area contributed by atoms with Crippen LogP contribution in [0.5, 0.6) is 0 Å². The summed E-state index contributed by atoms with van der Waals surface area (Å²) < 4.78 is 1.80. The molecule has 0 unspecified atom stereocenters. The number of aromatic nitrogens is 2. The summed E-state index contributed by atoms with van der Waals surface area (Å²) in [7, 11) is 0. The fourth-order valence-electron chi connectivity index (χ4n) is 2.93. The minimum atomic E-state index is 0.128. The number of hydrogen-bond acceptors (Lipinski definition) is 4. The van der Waals surface area contributed by atoms with Gasteiger partial charge in [-0.1, -0.05) is 31.2 Å². The zero-order chi connectivity index (χ0) is 15.5. The molecule has 0 N–H and O–H groups in total. The largest absolute Gasteiger partial charge is 0.283 e. The first-order valence-corrected chi connectivity index (χ1v) is 9.85. The van der Waals surface area contributed by atoms with Crippen LogP contribution >= 0.6 is 23.1 Å². The minimum absolute atomic E-state index is 0.128. The third-order valence-corrected chi connectivity index (χ3v) is 6.33. The van der Waals surface area contributed by atoms with Crippen LogP contribution in [0.2, 0.25) is 0 Å². The van der Waals surface area contributed by atoms with Crippen LogP contribution < -0.4 is 5.56 Å². The van der Waals surface area contributed by atoms with Gasteiger partial charge >= 0.3 is 0 Å². The van der Waals surface area contributed by atoms with Crippen LogP contribution in [0, 0.1) is 0 Å². The molecule has 118 valence electrons. The second-order valence-corrected chi connectivity index (χ2v) is 7.84. The summed E-state index contributed by atoms with van der Waals surface area (Å²) in [5.74, 6) is 1.01. The van der Waals surface area contributed by atoms with Crippen molar-refractivity contribution >= 4 is 33.3 Å². The molecule has 2 heterocycles. The Morgan fingerprint density at radius 2 is 2.23 bits per heavy atom. The molecule has 0 aliphatic heterocycles. The number of unbranched alkanes of at least 4 members (excludes halogenated alkanes) is 1. The van der Waals surface area contributed by atoms with E-state index >= 15 is 0 Å². The lowest BCUT2D eigenvalue weighted by Gasteiger charge is -2.12. The second-order valence-electron chi connectivity index (χ2n) is 5.69. The number of rotatable bonds is 6. The zero-order valence-corrected chi connectivity index (χ0v) is 14.7. The van der Waals surface area contributed by atoms with Gasteiger partial charge in [-0.05, 0) is 37.7 Å². The van der Waals surface area contributed by atoms with E-state index in [1.807, 2.05) is 0 Å². The summed E-state index contributed by atoms with van der Waals surface area (Å²) in [6.07, 6.45) is 8.66. The van der Waals surface area contributed by atoms with Gasteiger partial charge in [0, 0.05) is 17.2 Å². The highest BCUT2D eigenvalue weighted by molar-refractivity contribution is 7.99. The average Bonchev–Trinajstić information content (AvgIpc) is 2.89. The number of allylic oxidation sites excluding steroid dienone is 1. The van der Waals surface area contributed by atoms with E-state index in [0.717, 1.165) is 46.8 Å². The molecule has 22 heavy (non-hydrogen) atoms. The van der Waals surface area contributed by atoms with Crippen molar-refractivity contribution in [3.05, 3.63) is 33.4 Å². The summed E-state index contributed by atoms with van der Waals surface area (Å²) in [5.41, 5.74) is 1.40. The van der Waals surface area contributed by atoms with E-state index in [4.69, 9.17) is 4.98 Å². The Bertz CT molecular complexity index is 745. The minimum Gasteiger partial charge on any atom is -0.283 e. The van der Waals surface area contributed by atoms with E-state index in [0.29, 0.717) is 6.54 Å². The van der Waals surface area contributed by atoms with Crippen LogP contribution in [0.4, 0.5) is 0 Å². The van der Waals surface area contributed by atoms with Crippen LogP contribution in [0.3, 0.4) is 0 Å². The van der Waals surface area contributed by atoms with Crippen molar-refractivity contribution in [3.63, 3.8) is 0 Å². The Kier molecular flexibility index (Phi) is 5.03. The summed E-state index contributed by atoms with van der Waals surface area (Å²) in [6, 6.07) is 0. The first-order valence-electron chi connectivity index (χ1n) is 8.05. The zero-order valence-electron chi connectivity index (χ0n) is 13.1. The predicted octanol–water partition coefficient (Wildman–Crippen LogP) is 4.42. The first-order chi connectivity index (χ1) is 10.8. The molecule has 1 aliphatic carbocycles. The fourth-order valence-corrected chi connectivity index (χ4v) is 5.32. The van der Waals surface area contributed by atoms with Crippen molar-refractivity contribution in [1.82, 2.24) is 9.55 Å². The Balaban J connectivity index is 2.12. The summed E-state index contributed by atoms with van der Waals surface area (Å²) >= 11 is 3.43. The molecule has 0 radical (unpaired) electrons. The topological polar surface area (TPSA) is 34.9 Å². The van der Waals surface area contributed by atoms with E-state index in [9.17, 15) is 4.79 Å². The Hall–Kier alpha value is -1.07. The van der Waals surface area contributed by atoms with Gasteiger partial charge in [-0.3, -0.25) is 9.36 Å². The normalized spacial score (nSPS) is 14.2. The van der Waals surface area contributed by atoms with Crippen LogP contribution in [-0.2, 0) is 19.4 Å². The van der Waals surface area contributed by atoms with Crippen molar-refractivity contribution in [2.24, 2.45) is 0 Å². The van der Waals surface area contributed by atoms with Gasteiger partial charge in [-0.15, -0.1) is 17.9 Å². The average molecular weight is 335 g/mol. The summed E-state index contributed by atoms with van der Waals surface area (Å²) in [5, 5.41) is 1.73. The van der Waals surface area contributed by atoms with Crippen molar-refractivity contribution < 1.29 is 0 Å². The van der Waals surface area contributed by atoms with E-state index in [1.54, 1.807) is 33.7 Å². The molecule has 0 saturated carbocycles. The van der Waals surface area contributed by atoms with Gasteiger partial charge in [0.1, 0.15) is 4.83 Å². The monoisotopic (exact) mass is 334 g/mol. The Morgan fingerprint density at radius 3 is 3.00 bits per heavy atom. The highest BCUT2D eigenvalue weighted by atomic mass is 32.2. The van der Waals surface area contributed by atoms with E-state index in [2.05, 4.69) is 13.5 Å². The van der Waals surface area contributed by atoms with Crippen LogP contribution in [0.15, 0.2) is 22.6 Å². The lowest BCUT2D eigenvalue weighted by atomic mass is 9.97. The molecule has 1 aliphatic rings. The SMILES string of the molecule is C=CCn1c(SCCCC)nc2sc3c(c2c1=O)CCCC3. The number of aryl methyl sites for hydroxylation is 2. The standard InChI is InChI=1S/C17H22N2OS2/c1-3-5-11-21-17-18-15-14(16(20)19(17)10-4-2)12-8-6-7-9-13(12)22-15/h4H,2-3,5-11H2,1H3. The van der Waals surface area contributed by atoms with Gasteiger partial charge in [-0.25, -0.2) is 4.98 Å². The maximum absolute atomic E-state index is 13.0. The molecule has 0 saturated heterocycles. The van der Waals surface area contributed by atoms with Crippen LogP contribution in [0.25, 0.3) is 10.2 Å². The molecule has 3 nitrogen and oxygen atoms in total. The smallest absolute Gasteiger partial charge is 0.263 e. The summed E-state index contributed by atoms with van der Waals surface area (Å²) in [4.78, 5) is 20.1. The van der Waals surface area contributed by atoms with Gasteiger partial charge in [0.05, 0.1) is 5.39 Å². The van der Waals surface area contributed by atoms with Crippen LogP contribution in [-0.4, -0.2) is 15.3 Å². The molecule has 0 spiro atoms. The van der Waals surface area contributed by atoms with Gasteiger partial charge in [-0.2, -0.15) is 0 Å². The molecule has 3 rings (SSSR count).